The van der Waals surface area contributed by atoms with E-state index in [0.717, 1.165) is 41.7 Å². The zero-order chi connectivity index (χ0) is 35.9. The van der Waals surface area contributed by atoms with Crippen molar-refractivity contribution in [1.29, 1.82) is 0 Å². The van der Waals surface area contributed by atoms with Crippen molar-refractivity contribution in [3.8, 4) is 0 Å². The lowest BCUT2D eigenvalue weighted by Gasteiger charge is -2.25. The van der Waals surface area contributed by atoms with Crippen LogP contribution in [0.25, 0.3) is 6.08 Å². The summed E-state index contributed by atoms with van der Waals surface area (Å²) in [4.78, 5) is 30.8. The molecule has 1 aromatic carbocycles. The Morgan fingerprint density at radius 2 is 1.86 bits per heavy atom. The Balaban J connectivity index is 1.11. The van der Waals surface area contributed by atoms with Gasteiger partial charge in [0.2, 0.25) is 0 Å². The number of alkyl halides is 6. The minimum absolute atomic E-state index is 0.0536. The van der Waals surface area contributed by atoms with Gasteiger partial charge in [-0.15, -0.1) is 0 Å². The van der Waals surface area contributed by atoms with E-state index < -0.39 is 48.2 Å². The van der Waals surface area contributed by atoms with Crippen LogP contribution in [0.15, 0.2) is 99.7 Å². The zero-order valence-electron chi connectivity index (χ0n) is 26.7. The highest BCUT2D eigenvalue weighted by Gasteiger charge is 2.45. The SMILES string of the molecule is O=C(COC1=C=C=C2C(=O)/C(=C/C3=CC(C(F)(F)F)CC(C(F)(F)F)=C3)CCC2=C1)NCc1ccc(/C=C/CN(O)OC2CCCCO2)cc1. The molecule has 0 spiro atoms. The number of carbonyl (C=O) groups is 2. The molecule has 0 aromatic heterocycles. The second-order valence-electron chi connectivity index (χ2n) is 12.0. The fourth-order valence-corrected chi connectivity index (χ4v) is 5.56. The molecule has 5 rings (SSSR count). The smallest absolute Gasteiger partial charge is 0.412 e. The summed E-state index contributed by atoms with van der Waals surface area (Å²) in [6.45, 7) is 0.633. The molecule has 3 aliphatic carbocycles. The average Bonchev–Trinajstić information content (AvgIpc) is 3.08. The summed E-state index contributed by atoms with van der Waals surface area (Å²) < 4.78 is 90.8. The second-order valence-corrected chi connectivity index (χ2v) is 12.0. The van der Waals surface area contributed by atoms with Crippen molar-refractivity contribution >= 4 is 17.8 Å². The van der Waals surface area contributed by atoms with Gasteiger partial charge in [-0.25, -0.2) is 4.84 Å². The predicted octanol–water partition coefficient (Wildman–Crippen LogP) is 7.27. The first-order valence-electron chi connectivity index (χ1n) is 15.9. The Bertz CT molecular complexity index is 1720. The Morgan fingerprint density at radius 1 is 1.08 bits per heavy atom. The lowest BCUT2D eigenvalue weighted by molar-refractivity contribution is -0.398. The van der Waals surface area contributed by atoms with E-state index in [0.29, 0.717) is 24.3 Å². The van der Waals surface area contributed by atoms with Gasteiger partial charge in [0, 0.05) is 30.7 Å². The normalized spacial score (nSPS) is 22.1. The van der Waals surface area contributed by atoms with Crippen LogP contribution in [0.3, 0.4) is 0 Å². The van der Waals surface area contributed by atoms with E-state index in [1.165, 1.54) is 6.08 Å². The molecule has 1 saturated carbocycles. The highest BCUT2D eigenvalue weighted by atomic mass is 19.4. The molecule has 14 heteroatoms. The number of rotatable bonds is 11. The number of Topliss-reactive ketones (excluding diaryl/α,β-unsaturated/α-hetero) is 1. The van der Waals surface area contributed by atoms with Gasteiger partial charge in [0.05, 0.1) is 18.0 Å². The lowest BCUT2D eigenvalue weighted by Crippen LogP contribution is -2.31. The molecule has 0 radical (unpaired) electrons. The van der Waals surface area contributed by atoms with Gasteiger partial charge >= 0.3 is 12.4 Å². The number of ether oxygens (including phenoxy) is 2. The molecular weight excluding hydrogens is 670 g/mol. The zero-order valence-corrected chi connectivity index (χ0v) is 26.7. The van der Waals surface area contributed by atoms with Gasteiger partial charge in [0.15, 0.2) is 24.4 Å². The molecule has 4 aliphatic rings. The van der Waals surface area contributed by atoms with Crippen LogP contribution in [0.4, 0.5) is 26.3 Å². The summed E-state index contributed by atoms with van der Waals surface area (Å²) in [5.41, 5.74) is 6.01. The van der Waals surface area contributed by atoms with Crippen LogP contribution in [0, 0.1) is 5.92 Å². The van der Waals surface area contributed by atoms with Crippen LogP contribution < -0.4 is 5.32 Å². The van der Waals surface area contributed by atoms with Gasteiger partial charge in [-0.05, 0) is 78.3 Å². The third-order valence-corrected chi connectivity index (χ3v) is 8.20. The molecule has 1 aliphatic heterocycles. The van der Waals surface area contributed by atoms with Gasteiger partial charge in [-0.2, -0.15) is 26.3 Å². The van der Waals surface area contributed by atoms with Gasteiger partial charge in [0.1, 0.15) is 0 Å². The minimum Gasteiger partial charge on any atom is -0.476 e. The number of carbonyl (C=O) groups excluding carboxylic acids is 2. The standard InChI is InChI=1S/C36H34F6N2O6/c37-35(38,39)28-17-25(18-29(20-28)36(40,41)42)16-27-11-10-26-19-30(12-13-31(26)34(27)46)49-22-32(45)43-21-24-8-6-23(7-9-24)4-3-14-44(47)50-33-5-1-2-15-48-33/h3-4,6-9,16-19,28,33,47H,1-2,5,10-11,14-15,20-22H2,(H,43,45)/b4-3+,27-16+. The molecule has 1 saturated heterocycles. The Morgan fingerprint density at radius 3 is 2.56 bits per heavy atom. The largest absolute Gasteiger partial charge is 0.476 e. The van der Waals surface area contributed by atoms with Crippen LogP contribution in [-0.4, -0.2) is 60.5 Å². The first-order chi connectivity index (χ1) is 23.7. The van der Waals surface area contributed by atoms with Crippen LogP contribution in [0.5, 0.6) is 0 Å². The van der Waals surface area contributed by atoms with Crippen molar-refractivity contribution < 1.29 is 55.5 Å². The molecule has 8 nitrogen and oxygen atoms in total. The highest BCUT2D eigenvalue weighted by molar-refractivity contribution is 6.12. The Labute approximate surface area is 284 Å². The molecule has 0 bridgehead atoms. The van der Waals surface area contributed by atoms with Crippen molar-refractivity contribution in [2.75, 3.05) is 19.8 Å². The third kappa shape index (κ3) is 10.3. The number of hydrogen-bond acceptors (Lipinski definition) is 7. The van der Waals surface area contributed by atoms with E-state index in [1.807, 2.05) is 30.3 Å². The molecule has 1 amide bonds. The predicted molar refractivity (Wildman–Crippen MR) is 167 cm³/mol. The van der Waals surface area contributed by atoms with E-state index in [-0.39, 0.29) is 55.0 Å². The number of allylic oxidation sites excluding steroid dienone is 9. The fraction of sp³-hybridized carbons (Fsp3) is 0.389. The van der Waals surface area contributed by atoms with Crippen LogP contribution >= 0.6 is 0 Å². The van der Waals surface area contributed by atoms with Crippen molar-refractivity contribution in [2.45, 2.75) is 63.7 Å². The summed E-state index contributed by atoms with van der Waals surface area (Å²) in [5, 5.41) is 13.4. The number of benzene rings is 1. The van der Waals surface area contributed by atoms with Crippen LogP contribution in [0.2, 0.25) is 0 Å². The molecule has 1 aromatic rings. The van der Waals surface area contributed by atoms with Gasteiger partial charge < -0.3 is 14.8 Å². The summed E-state index contributed by atoms with van der Waals surface area (Å²) in [5.74, 6) is -3.18. The summed E-state index contributed by atoms with van der Waals surface area (Å²) in [6.07, 6.45) is -1.00. The minimum atomic E-state index is -4.93. The molecular formula is C36H34F6N2O6. The van der Waals surface area contributed by atoms with Crippen molar-refractivity contribution in [3.63, 3.8) is 0 Å². The molecule has 2 fully saturated rings. The maximum Gasteiger partial charge on any atom is 0.412 e. The molecule has 2 atom stereocenters. The van der Waals surface area contributed by atoms with E-state index in [1.54, 1.807) is 6.08 Å². The number of ketones is 1. The number of amides is 1. The molecule has 1 heterocycles. The first-order valence-corrected chi connectivity index (χ1v) is 15.9. The van der Waals surface area contributed by atoms with Gasteiger partial charge in [0.25, 0.3) is 5.91 Å². The first kappa shape index (κ1) is 36.9. The van der Waals surface area contributed by atoms with Crippen LogP contribution in [-0.2, 0) is 30.4 Å². The monoisotopic (exact) mass is 704 g/mol. The Kier molecular flexibility index (Phi) is 11.8. The summed E-state index contributed by atoms with van der Waals surface area (Å²) >= 11 is 0. The maximum atomic E-state index is 13.3. The highest BCUT2D eigenvalue weighted by Crippen LogP contribution is 2.42. The topological polar surface area (TPSA) is 97.3 Å². The number of hydroxylamine groups is 2. The van der Waals surface area contributed by atoms with E-state index in [9.17, 15) is 41.1 Å². The quantitative estimate of drug-likeness (QED) is 0.108. The van der Waals surface area contributed by atoms with E-state index in [2.05, 4.69) is 16.8 Å². The lowest BCUT2D eigenvalue weighted by atomic mass is 9.82. The second kappa shape index (κ2) is 16.1. The number of halogens is 6. The number of hydrogen-bond donors (Lipinski definition) is 2. The summed E-state index contributed by atoms with van der Waals surface area (Å²) in [7, 11) is 0. The van der Waals surface area contributed by atoms with Crippen LogP contribution in [0.1, 0.15) is 49.7 Å². The van der Waals surface area contributed by atoms with E-state index in [4.69, 9.17) is 14.3 Å². The molecule has 2 unspecified atom stereocenters. The Hall–Kier alpha value is -4.42. The third-order valence-electron chi connectivity index (χ3n) is 8.20. The van der Waals surface area contributed by atoms with Crippen molar-refractivity contribution in [3.05, 3.63) is 111 Å². The van der Waals surface area contributed by atoms with Gasteiger partial charge in [-0.1, -0.05) is 53.5 Å². The van der Waals surface area contributed by atoms with Crippen molar-refractivity contribution in [1.82, 2.24) is 10.5 Å². The number of fused-ring (bicyclic) bond motifs is 1. The summed E-state index contributed by atoms with van der Waals surface area (Å²) in [6, 6.07) is 7.37. The van der Waals surface area contributed by atoms with Gasteiger partial charge in [-0.3, -0.25) is 14.8 Å². The fourth-order valence-electron chi connectivity index (χ4n) is 5.56. The number of nitrogens with zero attached hydrogens (tertiary/aromatic N) is 1. The maximum absolute atomic E-state index is 13.3. The molecule has 50 heavy (non-hydrogen) atoms. The van der Waals surface area contributed by atoms with Crippen molar-refractivity contribution in [2.24, 2.45) is 5.92 Å². The molecule has 266 valence electrons. The van der Waals surface area contributed by atoms with E-state index >= 15 is 0 Å². The molecule has 2 N–H and O–H groups in total. The number of nitrogens with one attached hydrogen (secondary N) is 1. The average molecular weight is 705 g/mol.